The Bertz CT molecular complexity index is 416. The Morgan fingerprint density at radius 1 is 1.30 bits per heavy atom. The summed E-state index contributed by atoms with van der Waals surface area (Å²) in [5.41, 5.74) is 0.783. The van der Waals surface area contributed by atoms with Crippen LogP contribution in [0.4, 0.5) is 5.69 Å². The summed E-state index contributed by atoms with van der Waals surface area (Å²) in [6.07, 6.45) is 0. The predicted octanol–water partition coefficient (Wildman–Crippen LogP) is 2.15. The van der Waals surface area contributed by atoms with Crippen LogP contribution in [0.5, 0.6) is 5.75 Å². The fourth-order valence-electron chi connectivity index (χ4n) is 1.69. The summed E-state index contributed by atoms with van der Waals surface area (Å²) in [5.74, 6) is -0.0383. The normalized spacial score (nSPS) is 12.5. The number of hydrogen-bond donors (Lipinski definition) is 2. The van der Waals surface area contributed by atoms with Gasteiger partial charge in [0.05, 0.1) is 0 Å². The molecule has 0 saturated heterocycles. The fourth-order valence-corrected chi connectivity index (χ4v) is 1.69. The quantitative estimate of drug-likeness (QED) is 0.764. The smallest absolute Gasteiger partial charge is 0.326 e. The van der Waals surface area contributed by atoms with Crippen LogP contribution in [0.15, 0.2) is 24.3 Å². The van der Waals surface area contributed by atoms with Crippen molar-refractivity contribution < 1.29 is 14.6 Å². The van der Waals surface area contributed by atoms with Gasteiger partial charge in [0.1, 0.15) is 18.4 Å². The molecule has 1 atom stereocenters. The van der Waals surface area contributed by atoms with Crippen LogP contribution in [0.25, 0.3) is 0 Å². The lowest BCUT2D eigenvalue weighted by Crippen LogP contribution is -2.34. The topological polar surface area (TPSA) is 61.8 Å². The molecule has 1 aromatic rings. The molecule has 0 aliphatic heterocycles. The Morgan fingerprint density at radius 3 is 2.35 bits per heavy atom. The summed E-state index contributed by atoms with van der Waals surface area (Å²) < 4.78 is 5.59. The van der Waals surface area contributed by atoms with Crippen molar-refractivity contribution in [2.75, 3.05) is 32.6 Å². The minimum atomic E-state index is -0.841. The number of nitrogens with one attached hydrogen (secondary N) is 1. The van der Waals surface area contributed by atoms with Crippen LogP contribution in [0.3, 0.4) is 0 Å². The first-order chi connectivity index (χ1) is 9.40. The summed E-state index contributed by atoms with van der Waals surface area (Å²) in [4.78, 5) is 13.2. The van der Waals surface area contributed by atoms with Crippen molar-refractivity contribution in [1.82, 2.24) is 4.90 Å². The molecule has 1 unspecified atom stereocenters. The first kappa shape index (κ1) is 16.3. The summed E-state index contributed by atoms with van der Waals surface area (Å²) in [6, 6.07) is 6.77. The van der Waals surface area contributed by atoms with Gasteiger partial charge in [-0.3, -0.25) is 0 Å². The molecule has 2 N–H and O–H groups in total. The molecule has 1 aromatic carbocycles. The van der Waals surface area contributed by atoms with Crippen LogP contribution >= 0.6 is 0 Å². The molecule has 0 heterocycles. The number of rotatable bonds is 8. The van der Waals surface area contributed by atoms with Crippen molar-refractivity contribution in [3.05, 3.63) is 24.3 Å². The van der Waals surface area contributed by atoms with Crippen LogP contribution < -0.4 is 10.1 Å². The Kier molecular flexibility index (Phi) is 6.31. The molecule has 5 heteroatoms. The second-order valence-electron chi connectivity index (χ2n) is 5.38. The van der Waals surface area contributed by atoms with Gasteiger partial charge in [-0.2, -0.15) is 0 Å². The van der Waals surface area contributed by atoms with E-state index < -0.39 is 12.0 Å². The van der Waals surface area contributed by atoms with Crippen LogP contribution in [-0.2, 0) is 4.79 Å². The molecule has 0 aromatic heterocycles. The van der Waals surface area contributed by atoms with Crippen LogP contribution in [0, 0.1) is 5.92 Å². The van der Waals surface area contributed by atoms with Gasteiger partial charge >= 0.3 is 5.97 Å². The zero-order valence-corrected chi connectivity index (χ0v) is 12.6. The average Bonchev–Trinajstić information content (AvgIpc) is 2.36. The number of likely N-dealkylation sites (N-methyl/N-ethyl adjacent to an activating group) is 1. The molecule has 0 fully saturated rings. The number of hydrogen-bond acceptors (Lipinski definition) is 4. The summed E-state index contributed by atoms with van der Waals surface area (Å²) in [6.45, 7) is 5.24. The monoisotopic (exact) mass is 280 g/mol. The van der Waals surface area contributed by atoms with E-state index in [0.717, 1.165) is 18.0 Å². The van der Waals surface area contributed by atoms with Crippen molar-refractivity contribution >= 4 is 11.7 Å². The lowest BCUT2D eigenvalue weighted by atomic mass is 10.0. The minimum absolute atomic E-state index is 0.0171. The lowest BCUT2D eigenvalue weighted by Gasteiger charge is -2.19. The molecule has 0 radical (unpaired) electrons. The molecule has 0 saturated carbocycles. The molecule has 0 bridgehead atoms. The largest absolute Gasteiger partial charge is 0.492 e. The zero-order chi connectivity index (χ0) is 15.1. The lowest BCUT2D eigenvalue weighted by molar-refractivity contribution is -0.138. The minimum Gasteiger partial charge on any atom is -0.492 e. The maximum Gasteiger partial charge on any atom is 0.326 e. The third-order valence-electron chi connectivity index (χ3n) is 2.92. The number of aliphatic carboxylic acids is 1. The first-order valence-corrected chi connectivity index (χ1v) is 6.77. The molecule has 5 nitrogen and oxygen atoms in total. The van der Waals surface area contributed by atoms with E-state index >= 15 is 0 Å². The number of carboxylic acid groups (broad SMARTS) is 1. The summed E-state index contributed by atoms with van der Waals surface area (Å²) >= 11 is 0. The molecule has 0 amide bonds. The van der Waals surface area contributed by atoms with Gasteiger partial charge in [-0.05, 0) is 44.3 Å². The Labute approximate surface area is 120 Å². The van der Waals surface area contributed by atoms with Crippen molar-refractivity contribution in [3.8, 4) is 5.75 Å². The highest BCUT2D eigenvalue weighted by Crippen LogP contribution is 2.18. The molecule has 0 spiro atoms. The summed E-state index contributed by atoms with van der Waals surface area (Å²) in [5, 5.41) is 12.2. The van der Waals surface area contributed by atoms with Crippen molar-refractivity contribution in [1.29, 1.82) is 0 Å². The van der Waals surface area contributed by atoms with Crippen molar-refractivity contribution in [2.24, 2.45) is 5.92 Å². The van der Waals surface area contributed by atoms with Crippen LogP contribution in [0.1, 0.15) is 13.8 Å². The van der Waals surface area contributed by atoms with Gasteiger partial charge < -0.3 is 20.1 Å². The third-order valence-corrected chi connectivity index (χ3v) is 2.92. The Hall–Kier alpha value is -1.75. The second-order valence-corrected chi connectivity index (χ2v) is 5.38. The van der Waals surface area contributed by atoms with Gasteiger partial charge in [0.2, 0.25) is 0 Å². The second kappa shape index (κ2) is 7.75. The van der Waals surface area contributed by atoms with Crippen molar-refractivity contribution in [3.63, 3.8) is 0 Å². The van der Waals surface area contributed by atoms with E-state index in [2.05, 4.69) is 10.2 Å². The van der Waals surface area contributed by atoms with E-state index in [1.807, 2.05) is 52.2 Å². The Morgan fingerprint density at radius 2 is 1.90 bits per heavy atom. The standard InChI is InChI=1S/C15H24N2O3/c1-11(2)14(15(18)19)16-12-5-7-13(8-6-12)20-10-9-17(3)4/h5-8,11,14,16H,9-10H2,1-4H3,(H,18,19). The number of nitrogens with zero attached hydrogens (tertiary/aromatic N) is 1. The molecule has 1 rings (SSSR count). The van der Waals surface area contributed by atoms with Crippen LogP contribution in [-0.4, -0.2) is 49.3 Å². The number of anilines is 1. The molecule has 20 heavy (non-hydrogen) atoms. The third kappa shape index (κ3) is 5.48. The van der Waals surface area contributed by atoms with E-state index in [9.17, 15) is 4.79 Å². The highest BCUT2D eigenvalue weighted by Gasteiger charge is 2.20. The number of carboxylic acids is 1. The van der Waals surface area contributed by atoms with Crippen LogP contribution in [0.2, 0.25) is 0 Å². The van der Waals surface area contributed by atoms with E-state index in [1.165, 1.54) is 0 Å². The van der Waals surface area contributed by atoms with E-state index in [1.54, 1.807) is 0 Å². The number of carbonyl (C=O) groups is 1. The van der Waals surface area contributed by atoms with Gasteiger partial charge in [-0.1, -0.05) is 13.8 Å². The van der Waals surface area contributed by atoms with Gasteiger partial charge in [0.15, 0.2) is 0 Å². The highest BCUT2D eigenvalue weighted by atomic mass is 16.5. The molecule has 112 valence electrons. The number of benzene rings is 1. The predicted molar refractivity (Wildman–Crippen MR) is 80.4 cm³/mol. The van der Waals surface area contributed by atoms with E-state index in [4.69, 9.17) is 9.84 Å². The average molecular weight is 280 g/mol. The molecular formula is C15H24N2O3. The highest BCUT2D eigenvalue weighted by molar-refractivity contribution is 5.77. The fraction of sp³-hybridized carbons (Fsp3) is 0.533. The summed E-state index contributed by atoms with van der Waals surface area (Å²) in [7, 11) is 3.99. The van der Waals surface area contributed by atoms with Gasteiger partial charge in [0, 0.05) is 12.2 Å². The van der Waals surface area contributed by atoms with Crippen molar-refractivity contribution in [2.45, 2.75) is 19.9 Å². The maximum absolute atomic E-state index is 11.1. The van der Waals surface area contributed by atoms with Gasteiger partial charge in [-0.25, -0.2) is 4.79 Å². The van der Waals surface area contributed by atoms with E-state index in [0.29, 0.717) is 6.61 Å². The zero-order valence-electron chi connectivity index (χ0n) is 12.6. The first-order valence-electron chi connectivity index (χ1n) is 6.77. The maximum atomic E-state index is 11.1. The molecule has 0 aliphatic carbocycles. The van der Waals surface area contributed by atoms with Gasteiger partial charge in [0.25, 0.3) is 0 Å². The number of ether oxygens (including phenoxy) is 1. The molecule has 0 aliphatic rings. The van der Waals surface area contributed by atoms with E-state index in [-0.39, 0.29) is 5.92 Å². The SMILES string of the molecule is CC(C)C(Nc1ccc(OCCN(C)C)cc1)C(=O)O. The molecular weight excluding hydrogens is 256 g/mol. The van der Waals surface area contributed by atoms with Gasteiger partial charge in [-0.15, -0.1) is 0 Å². The Balaban J connectivity index is 2.55.